The quantitative estimate of drug-likeness (QED) is 0.728. The zero-order valence-corrected chi connectivity index (χ0v) is 14.7. The Morgan fingerprint density at radius 1 is 1.16 bits per heavy atom. The second-order valence-electron chi connectivity index (χ2n) is 5.60. The number of carbonyl (C=O) groups excluding carboxylic acids is 1. The zero-order chi connectivity index (χ0) is 17.8. The first kappa shape index (κ1) is 17.1. The summed E-state index contributed by atoms with van der Waals surface area (Å²) in [6.45, 7) is 3.79. The van der Waals surface area contributed by atoms with E-state index in [0.717, 1.165) is 22.4 Å². The minimum atomic E-state index is -0.295. The molecule has 1 heterocycles. The normalized spacial score (nSPS) is 10.5. The Kier molecular flexibility index (Phi) is 5.09. The zero-order valence-electron chi connectivity index (χ0n) is 13.9. The lowest BCUT2D eigenvalue weighted by molar-refractivity contribution is -0.118. The van der Waals surface area contributed by atoms with Crippen LogP contribution in [0.1, 0.15) is 11.1 Å². The van der Waals surface area contributed by atoms with Crippen molar-refractivity contribution in [2.45, 2.75) is 13.8 Å². The van der Waals surface area contributed by atoms with E-state index in [9.17, 15) is 9.18 Å². The molecule has 0 aliphatic heterocycles. The molecule has 4 nitrogen and oxygen atoms in total. The van der Waals surface area contributed by atoms with Crippen LogP contribution in [0.15, 0.2) is 47.8 Å². The highest BCUT2D eigenvalue weighted by Gasteiger charge is 2.10. The molecule has 0 saturated carbocycles. The van der Waals surface area contributed by atoms with Crippen molar-refractivity contribution in [1.29, 1.82) is 0 Å². The number of ether oxygens (including phenoxy) is 1. The van der Waals surface area contributed by atoms with Crippen LogP contribution in [0.2, 0.25) is 0 Å². The topological polar surface area (TPSA) is 51.2 Å². The molecule has 1 N–H and O–H groups in total. The van der Waals surface area contributed by atoms with Crippen LogP contribution >= 0.6 is 11.3 Å². The third kappa shape index (κ3) is 4.22. The molecule has 6 heteroatoms. The first-order valence-corrected chi connectivity index (χ1v) is 8.61. The lowest BCUT2D eigenvalue weighted by atomic mass is 10.1. The Bertz CT molecular complexity index is 870. The van der Waals surface area contributed by atoms with Gasteiger partial charge in [-0.15, -0.1) is 11.3 Å². The summed E-state index contributed by atoms with van der Waals surface area (Å²) in [6, 6.07) is 11.9. The number of halogens is 1. The summed E-state index contributed by atoms with van der Waals surface area (Å²) >= 11 is 1.31. The van der Waals surface area contributed by atoms with Gasteiger partial charge in [0.1, 0.15) is 11.6 Å². The minimum Gasteiger partial charge on any atom is -0.483 e. The predicted octanol–water partition coefficient (Wildman–Crippen LogP) is 4.58. The Balaban J connectivity index is 1.61. The predicted molar refractivity (Wildman–Crippen MR) is 97.5 cm³/mol. The number of hydrogen-bond donors (Lipinski definition) is 1. The molecular formula is C19H17FN2O2S. The number of hydrogen-bond acceptors (Lipinski definition) is 4. The largest absolute Gasteiger partial charge is 0.483 e. The van der Waals surface area contributed by atoms with Crippen molar-refractivity contribution < 1.29 is 13.9 Å². The van der Waals surface area contributed by atoms with Gasteiger partial charge in [0.2, 0.25) is 0 Å². The molecule has 1 aromatic heterocycles. The fourth-order valence-corrected chi connectivity index (χ4v) is 3.14. The van der Waals surface area contributed by atoms with Gasteiger partial charge in [0, 0.05) is 10.9 Å². The number of nitrogens with one attached hydrogen (secondary N) is 1. The van der Waals surface area contributed by atoms with Crippen LogP contribution < -0.4 is 10.1 Å². The molecular weight excluding hydrogens is 339 g/mol. The first-order valence-electron chi connectivity index (χ1n) is 7.73. The molecule has 0 atom stereocenters. The third-order valence-electron chi connectivity index (χ3n) is 3.65. The molecule has 25 heavy (non-hydrogen) atoms. The highest BCUT2D eigenvalue weighted by Crippen LogP contribution is 2.25. The standard InChI is InChI=1S/C19H17FN2O2S/c1-12-4-3-5-13(2)18(12)24-10-17(23)22-19-21-16(11-25-19)14-6-8-15(20)9-7-14/h3-9,11H,10H2,1-2H3,(H,21,22,23). The number of benzene rings is 2. The Morgan fingerprint density at radius 3 is 2.52 bits per heavy atom. The van der Waals surface area contributed by atoms with Gasteiger partial charge in [-0.05, 0) is 49.2 Å². The molecule has 0 unspecified atom stereocenters. The van der Waals surface area contributed by atoms with Gasteiger partial charge in [0.15, 0.2) is 11.7 Å². The second-order valence-corrected chi connectivity index (χ2v) is 6.46. The molecule has 0 aliphatic rings. The van der Waals surface area contributed by atoms with Gasteiger partial charge in [-0.3, -0.25) is 10.1 Å². The van der Waals surface area contributed by atoms with Crippen LogP contribution in [-0.4, -0.2) is 17.5 Å². The van der Waals surface area contributed by atoms with Crippen molar-refractivity contribution in [3.05, 3.63) is 64.8 Å². The van der Waals surface area contributed by atoms with Gasteiger partial charge in [0.05, 0.1) is 5.69 Å². The highest BCUT2D eigenvalue weighted by atomic mass is 32.1. The SMILES string of the molecule is Cc1cccc(C)c1OCC(=O)Nc1nc(-c2ccc(F)cc2)cs1. The Hall–Kier alpha value is -2.73. The lowest BCUT2D eigenvalue weighted by Crippen LogP contribution is -2.20. The number of aromatic nitrogens is 1. The van der Waals surface area contributed by atoms with Gasteiger partial charge < -0.3 is 4.74 Å². The molecule has 0 saturated heterocycles. The molecule has 3 rings (SSSR count). The molecule has 0 radical (unpaired) electrons. The number of anilines is 1. The average molecular weight is 356 g/mol. The lowest BCUT2D eigenvalue weighted by Gasteiger charge is -2.11. The van der Waals surface area contributed by atoms with Crippen LogP contribution in [0.4, 0.5) is 9.52 Å². The maximum Gasteiger partial charge on any atom is 0.264 e. The molecule has 0 bridgehead atoms. The Morgan fingerprint density at radius 2 is 1.84 bits per heavy atom. The van der Waals surface area contributed by atoms with Gasteiger partial charge in [-0.25, -0.2) is 9.37 Å². The van der Waals surface area contributed by atoms with E-state index in [4.69, 9.17) is 4.74 Å². The maximum atomic E-state index is 13.0. The van der Waals surface area contributed by atoms with E-state index in [1.165, 1.54) is 23.5 Å². The fraction of sp³-hybridized carbons (Fsp3) is 0.158. The number of amides is 1. The van der Waals surface area contributed by atoms with E-state index in [2.05, 4.69) is 10.3 Å². The van der Waals surface area contributed by atoms with E-state index < -0.39 is 0 Å². The van der Waals surface area contributed by atoms with E-state index in [-0.39, 0.29) is 18.3 Å². The number of nitrogens with zero attached hydrogens (tertiary/aromatic N) is 1. The number of thiazole rings is 1. The molecule has 2 aromatic carbocycles. The van der Waals surface area contributed by atoms with E-state index in [1.54, 1.807) is 12.1 Å². The van der Waals surface area contributed by atoms with Gasteiger partial charge in [-0.2, -0.15) is 0 Å². The molecule has 3 aromatic rings. The maximum absolute atomic E-state index is 13.0. The number of carbonyl (C=O) groups is 1. The molecule has 0 fully saturated rings. The van der Waals surface area contributed by atoms with Crippen molar-refractivity contribution in [2.75, 3.05) is 11.9 Å². The van der Waals surface area contributed by atoms with E-state index in [1.807, 2.05) is 37.4 Å². The van der Waals surface area contributed by atoms with Crippen LogP contribution in [0, 0.1) is 19.7 Å². The van der Waals surface area contributed by atoms with Gasteiger partial charge in [-0.1, -0.05) is 18.2 Å². The van der Waals surface area contributed by atoms with E-state index >= 15 is 0 Å². The number of aryl methyl sites for hydroxylation is 2. The molecule has 0 spiro atoms. The van der Waals surface area contributed by atoms with Crippen LogP contribution in [0.25, 0.3) is 11.3 Å². The summed E-state index contributed by atoms with van der Waals surface area (Å²) < 4.78 is 18.6. The van der Waals surface area contributed by atoms with Crippen molar-refractivity contribution in [1.82, 2.24) is 4.98 Å². The highest BCUT2D eigenvalue weighted by molar-refractivity contribution is 7.14. The molecule has 1 amide bonds. The average Bonchev–Trinajstić information content (AvgIpc) is 3.03. The van der Waals surface area contributed by atoms with Crippen molar-refractivity contribution in [3.63, 3.8) is 0 Å². The smallest absolute Gasteiger partial charge is 0.264 e. The second kappa shape index (κ2) is 7.44. The summed E-state index contributed by atoms with van der Waals surface area (Å²) in [5.41, 5.74) is 3.46. The third-order valence-corrected chi connectivity index (χ3v) is 4.40. The van der Waals surface area contributed by atoms with Crippen molar-refractivity contribution >= 4 is 22.4 Å². The first-order chi connectivity index (χ1) is 12.0. The van der Waals surface area contributed by atoms with Crippen LogP contribution in [0.5, 0.6) is 5.75 Å². The number of rotatable bonds is 5. The van der Waals surface area contributed by atoms with Crippen LogP contribution in [0.3, 0.4) is 0 Å². The van der Waals surface area contributed by atoms with Crippen LogP contribution in [-0.2, 0) is 4.79 Å². The van der Waals surface area contributed by atoms with Crippen molar-refractivity contribution in [3.8, 4) is 17.0 Å². The molecule has 128 valence electrons. The van der Waals surface area contributed by atoms with E-state index in [0.29, 0.717) is 10.8 Å². The monoisotopic (exact) mass is 356 g/mol. The van der Waals surface area contributed by atoms with Crippen molar-refractivity contribution in [2.24, 2.45) is 0 Å². The Labute approximate surface area is 149 Å². The minimum absolute atomic E-state index is 0.0862. The fourth-order valence-electron chi connectivity index (χ4n) is 2.40. The summed E-state index contributed by atoms with van der Waals surface area (Å²) in [5, 5.41) is 5.02. The summed E-state index contributed by atoms with van der Waals surface area (Å²) in [7, 11) is 0. The van der Waals surface area contributed by atoms with Gasteiger partial charge >= 0.3 is 0 Å². The summed E-state index contributed by atoms with van der Waals surface area (Å²) in [4.78, 5) is 16.4. The summed E-state index contributed by atoms with van der Waals surface area (Å²) in [5.74, 6) is 0.155. The van der Waals surface area contributed by atoms with Gasteiger partial charge in [0.25, 0.3) is 5.91 Å². The summed E-state index contributed by atoms with van der Waals surface area (Å²) in [6.07, 6.45) is 0. The number of para-hydroxylation sites is 1. The molecule has 0 aliphatic carbocycles.